The number of rotatable bonds is 3. The molecular formula is C18H24FN5O3. The Bertz CT molecular complexity index is 788. The van der Waals surface area contributed by atoms with Crippen LogP contribution in [0.2, 0.25) is 0 Å². The number of carbonyl (C=O) groups is 2. The second-order valence-electron chi connectivity index (χ2n) is 8.39. The fraction of sp³-hybridized carbons (Fsp3) is 0.778. The molecule has 3 heterocycles. The van der Waals surface area contributed by atoms with Crippen LogP contribution in [0.1, 0.15) is 61.4 Å². The average Bonchev–Trinajstić information content (AvgIpc) is 3.20. The van der Waals surface area contributed by atoms with Crippen molar-refractivity contribution >= 4 is 11.8 Å². The molecule has 1 aromatic heterocycles. The van der Waals surface area contributed by atoms with E-state index in [0.717, 1.165) is 25.7 Å². The average molecular weight is 377 g/mol. The number of hydrogen-bond acceptors (Lipinski definition) is 5. The van der Waals surface area contributed by atoms with Gasteiger partial charge in [-0.1, -0.05) is 0 Å². The van der Waals surface area contributed by atoms with E-state index in [1.165, 1.54) is 0 Å². The molecule has 3 fully saturated rings. The SMILES string of the molecule is O=C(NC1CCC1)c1nnc2n1CC1(CCN(C(=O)C3(F)CCC3)C1)OC2. The first-order valence-electron chi connectivity index (χ1n) is 9.83. The number of halogens is 1. The quantitative estimate of drug-likeness (QED) is 0.847. The summed E-state index contributed by atoms with van der Waals surface area (Å²) in [5.74, 6) is 0.292. The summed E-state index contributed by atoms with van der Waals surface area (Å²) in [5.41, 5.74) is -2.29. The number of alkyl halides is 1. The summed E-state index contributed by atoms with van der Waals surface area (Å²) in [4.78, 5) is 26.6. The molecule has 0 radical (unpaired) electrons. The molecule has 27 heavy (non-hydrogen) atoms. The van der Waals surface area contributed by atoms with Gasteiger partial charge < -0.3 is 19.5 Å². The summed E-state index contributed by atoms with van der Waals surface area (Å²) in [6, 6.07) is 0.224. The molecular weight excluding hydrogens is 353 g/mol. The third-order valence-electron chi connectivity index (χ3n) is 6.56. The summed E-state index contributed by atoms with van der Waals surface area (Å²) in [5, 5.41) is 11.1. The zero-order valence-corrected chi connectivity index (χ0v) is 15.2. The van der Waals surface area contributed by atoms with E-state index in [1.807, 2.05) is 0 Å². The highest BCUT2D eigenvalue weighted by Crippen LogP contribution is 2.40. The smallest absolute Gasteiger partial charge is 0.289 e. The number of likely N-dealkylation sites (tertiary alicyclic amines) is 1. The Hall–Kier alpha value is -2.03. The number of nitrogens with zero attached hydrogens (tertiary/aromatic N) is 4. The summed E-state index contributed by atoms with van der Waals surface area (Å²) < 4.78 is 22.4. The topological polar surface area (TPSA) is 89.4 Å². The van der Waals surface area contributed by atoms with Gasteiger partial charge in [-0.15, -0.1) is 10.2 Å². The van der Waals surface area contributed by atoms with E-state index in [2.05, 4.69) is 15.5 Å². The molecule has 5 rings (SSSR count). The Kier molecular flexibility index (Phi) is 3.79. The third-order valence-corrected chi connectivity index (χ3v) is 6.56. The number of ether oxygens (including phenoxy) is 1. The molecule has 4 aliphatic rings. The molecule has 1 unspecified atom stereocenters. The van der Waals surface area contributed by atoms with Crippen LogP contribution in [0.4, 0.5) is 4.39 Å². The fourth-order valence-electron chi connectivity index (χ4n) is 4.38. The Balaban J connectivity index is 1.31. The minimum atomic E-state index is -1.68. The molecule has 8 nitrogen and oxygen atoms in total. The monoisotopic (exact) mass is 377 g/mol. The molecule has 0 aromatic carbocycles. The third kappa shape index (κ3) is 2.74. The Labute approximate surface area is 156 Å². The lowest BCUT2D eigenvalue weighted by atomic mass is 9.81. The van der Waals surface area contributed by atoms with Crippen molar-refractivity contribution in [2.24, 2.45) is 0 Å². The normalized spacial score (nSPS) is 29.1. The van der Waals surface area contributed by atoms with Crippen molar-refractivity contribution in [2.45, 2.75) is 75.4 Å². The van der Waals surface area contributed by atoms with Crippen LogP contribution in [0, 0.1) is 0 Å². The van der Waals surface area contributed by atoms with E-state index in [-0.39, 0.29) is 18.6 Å². The van der Waals surface area contributed by atoms with Gasteiger partial charge in [-0.3, -0.25) is 9.59 Å². The predicted molar refractivity (Wildman–Crippen MR) is 91.5 cm³/mol. The highest BCUT2D eigenvalue weighted by Gasteiger charge is 2.52. The van der Waals surface area contributed by atoms with E-state index in [1.54, 1.807) is 9.47 Å². The van der Waals surface area contributed by atoms with Crippen molar-refractivity contribution in [3.63, 3.8) is 0 Å². The van der Waals surface area contributed by atoms with Gasteiger partial charge in [-0.25, -0.2) is 4.39 Å². The van der Waals surface area contributed by atoms with Crippen LogP contribution in [0.25, 0.3) is 0 Å². The Morgan fingerprint density at radius 2 is 1.96 bits per heavy atom. The van der Waals surface area contributed by atoms with Gasteiger partial charge in [0.2, 0.25) is 5.82 Å². The first kappa shape index (κ1) is 17.1. The molecule has 1 aromatic rings. The molecule has 1 atom stereocenters. The first-order chi connectivity index (χ1) is 13.0. The number of aromatic nitrogens is 3. The molecule has 1 saturated heterocycles. The van der Waals surface area contributed by atoms with Crippen LogP contribution in [0.3, 0.4) is 0 Å². The highest BCUT2D eigenvalue weighted by atomic mass is 19.1. The van der Waals surface area contributed by atoms with E-state index < -0.39 is 17.2 Å². The van der Waals surface area contributed by atoms with Crippen LogP contribution in [-0.2, 0) is 22.7 Å². The van der Waals surface area contributed by atoms with Gasteiger partial charge in [0, 0.05) is 12.6 Å². The lowest BCUT2D eigenvalue weighted by Gasteiger charge is -2.37. The van der Waals surface area contributed by atoms with Crippen LogP contribution in [0.5, 0.6) is 0 Å². The molecule has 0 bridgehead atoms. The maximum Gasteiger partial charge on any atom is 0.289 e. The van der Waals surface area contributed by atoms with Gasteiger partial charge in [0.05, 0.1) is 13.1 Å². The van der Waals surface area contributed by atoms with Crippen LogP contribution < -0.4 is 5.32 Å². The van der Waals surface area contributed by atoms with Crippen molar-refractivity contribution in [1.29, 1.82) is 0 Å². The van der Waals surface area contributed by atoms with E-state index in [9.17, 15) is 14.0 Å². The zero-order chi connectivity index (χ0) is 18.6. The zero-order valence-electron chi connectivity index (χ0n) is 15.2. The van der Waals surface area contributed by atoms with Crippen molar-refractivity contribution in [3.05, 3.63) is 11.6 Å². The minimum absolute atomic E-state index is 0.210. The second-order valence-corrected chi connectivity index (χ2v) is 8.39. The standard InChI is InChI=1S/C18H24FN5O3/c19-18(5-2-6-18)16(26)23-8-7-17(10-23)11-24-13(9-27-17)21-22-14(24)15(25)20-12-3-1-4-12/h12H,1-11H2,(H,20,25). The maximum atomic E-state index is 14.5. The van der Waals surface area contributed by atoms with E-state index in [4.69, 9.17) is 4.74 Å². The van der Waals surface area contributed by atoms with Gasteiger partial charge >= 0.3 is 0 Å². The van der Waals surface area contributed by atoms with Crippen molar-refractivity contribution in [2.75, 3.05) is 13.1 Å². The Morgan fingerprint density at radius 1 is 1.15 bits per heavy atom. The summed E-state index contributed by atoms with van der Waals surface area (Å²) in [7, 11) is 0. The van der Waals surface area contributed by atoms with Crippen LogP contribution in [0.15, 0.2) is 0 Å². The number of fused-ring (bicyclic) bond motifs is 1. The molecule has 9 heteroatoms. The second kappa shape index (κ2) is 5.98. The molecule has 146 valence electrons. The number of amides is 2. The first-order valence-corrected chi connectivity index (χ1v) is 9.83. The molecule has 2 aliphatic heterocycles. The lowest BCUT2D eigenvalue weighted by Crippen LogP contribution is -2.52. The highest BCUT2D eigenvalue weighted by molar-refractivity contribution is 5.91. The maximum absolute atomic E-state index is 14.5. The van der Waals surface area contributed by atoms with Crippen molar-refractivity contribution in [3.8, 4) is 0 Å². The number of hydrogen-bond donors (Lipinski definition) is 1. The molecule has 2 saturated carbocycles. The van der Waals surface area contributed by atoms with Crippen LogP contribution >= 0.6 is 0 Å². The molecule has 1 N–H and O–H groups in total. The van der Waals surface area contributed by atoms with Crippen molar-refractivity contribution in [1.82, 2.24) is 25.0 Å². The largest absolute Gasteiger partial charge is 0.363 e. The molecule has 2 amide bonds. The van der Waals surface area contributed by atoms with Gasteiger partial charge in [-0.05, 0) is 44.9 Å². The summed E-state index contributed by atoms with van der Waals surface area (Å²) >= 11 is 0. The summed E-state index contributed by atoms with van der Waals surface area (Å²) in [6.45, 7) is 1.47. The molecule has 2 aliphatic carbocycles. The van der Waals surface area contributed by atoms with E-state index >= 15 is 0 Å². The molecule has 1 spiro atoms. The predicted octanol–water partition coefficient (Wildman–Crippen LogP) is 0.954. The van der Waals surface area contributed by atoms with Gasteiger partial charge in [0.1, 0.15) is 12.2 Å². The minimum Gasteiger partial charge on any atom is -0.363 e. The van der Waals surface area contributed by atoms with Gasteiger partial charge in [0.15, 0.2) is 11.5 Å². The van der Waals surface area contributed by atoms with Gasteiger partial charge in [0.25, 0.3) is 11.8 Å². The number of nitrogens with one attached hydrogen (secondary N) is 1. The van der Waals surface area contributed by atoms with Gasteiger partial charge in [-0.2, -0.15) is 0 Å². The van der Waals surface area contributed by atoms with Crippen LogP contribution in [-0.4, -0.2) is 61.9 Å². The summed E-state index contributed by atoms with van der Waals surface area (Å²) in [6.07, 6.45) is 5.16. The fourth-order valence-corrected chi connectivity index (χ4v) is 4.38. The van der Waals surface area contributed by atoms with Crippen molar-refractivity contribution < 1.29 is 18.7 Å². The van der Waals surface area contributed by atoms with E-state index in [0.29, 0.717) is 50.5 Å². The lowest BCUT2D eigenvalue weighted by molar-refractivity contribution is -0.151. The Morgan fingerprint density at radius 3 is 2.63 bits per heavy atom. The number of carbonyl (C=O) groups excluding carboxylic acids is 2.